The highest BCUT2D eigenvalue weighted by Gasteiger charge is 2.03. The Morgan fingerprint density at radius 2 is 2.13 bits per heavy atom. The molecule has 1 aliphatic heterocycles. The van der Waals surface area contributed by atoms with E-state index < -0.39 is 0 Å². The fourth-order valence-corrected chi connectivity index (χ4v) is 2.30. The van der Waals surface area contributed by atoms with E-state index in [0.717, 1.165) is 57.4 Å². The second-order valence-electron chi connectivity index (χ2n) is 5.29. The molecule has 0 fully saturated rings. The summed E-state index contributed by atoms with van der Waals surface area (Å²) in [4.78, 5) is 4.61. The first-order valence-electron chi connectivity index (χ1n) is 8.34. The molecule has 1 heterocycles. The molecule has 126 valence electrons. The van der Waals surface area contributed by atoms with Gasteiger partial charge in [0, 0.05) is 13.1 Å². The van der Waals surface area contributed by atoms with Gasteiger partial charge in [0.25, 0.3) is 0 Å². The predicted molar refractivity (Wildman–Crippen MR) is 94.1 cm³/mol. The molecule has 2 rings (SSSR count). The Morgan fingerprint density at radius 3 is 2.87 bits per heavy atom. The minimum Gasteiger partial charge on any atom is -0.492 e. The Balaban J connectivity index is 1.67. The standard InChI is InChI=1S/C18H27N3O2/c1-2-19-18(20-11-8-16-9-13-22-14-10-16)21-12-15-23-17-6-4-3-5-7-17/h3-7,9H,2,8,10-15H2,1H3,(H2,19,20,21). The number of benzene rings is 1. The van der Waals surface area contributed by atoms with Crippen LogP contribution in [0.15, 0.2) is 47.0 Å². The topological polar surface area (TPSA) is 54.9 Å². The van der Waals surface area contributed by atoms with Crippen molar-refractivity contribution < 1.29 is 9.47 Å². The number of ether oxygens (including phenoxy) is 2. The third-order valence-electron chi connectivity index (χ3n) is 3.51. The summed E-state index contributed by atoms with van der Waals surface area (Å²) in [5.41, 5.74) is 1.45. The van der Waals surface area contributed by atoms with Crippen molar-refractivity contribution in [2.45, 2.75) is 19.8 Å². The lowest BCUT2D eigenvalue weighted by molar-refractivity contribution is 0.153. The maximum Gasteiger partial charge on any atom is 0.191 e. The van der Waals surface area contributed by atoms with Crippen LogP contribution in [0.1, 0.15) is 19.8 Å². The van der Waals surface area contributed by atoms with Crippen LogP contribution in [0.5, 0.6) is 5.75 Å². The van der Waals surface area contributed by atoms with Gasteiger partial charge in [-0.05, 0) is 31.9 Å². The first-order valence-corrected chi connectivity index (χ1v) is 8.34. The van der Waals surface area contributed by atoms with Gasteiger partial charge in [-0.15, -0.1) is 0 Å². The van der Waals surface area contributed by atoms with Crippen LogP contribution in [0.4, 0.5) is 0 Å². The molecule has 1 aromatic carbocycles. The van der Waals surface area contributed by atoms with E-state index in [-0.39, 0.29) is 0 Å². The van der Waals surface area contributed by atoms with Crippen LogP contribution >= 0.6 is 0 Å². The molecule has 0 radical (unpaired) electrons. The fourth-order valence-electron chi connectivity index (χ4n) is 2.30. The van der Waals surface area contributed by atoms with Crippen molar-refractivity contribution in [2.75, 3.05) is 39.5 Å². The summed E-state index contributed by atoms with van der Waals surface area (Å²) in [6, 6.07) is 9.84. The first kappa shape index (κ1) is 17.3. The molecule has 0 unspecified atom stereocenters. The van der Waals surface area contributed by atoms with Crippen LogP contribution in [-0.2, 0) is 4.74 Å². The molecule has 0 saturated carbocycles. The van der Waals surface area contributed by atoms with Crippen molar-refractivity contribution in [3.8, 4) is 5.75 Å². The minimum absolute atomic E-state index is 0.608. The molecule has 1 aliphatic rings. The number of nitrogens with zero attached hydrogens (tertiary/aromatic N) is 1. The van der Waals surface area contributed by atoms with Gasteiger partial charge >= 0.3 is 0 Å². The summed E-state index contributed by atoms with van der Waals surface area (Å²) in [6.45, 7) is 6.62. The monoisotopic (exact) mass is 317 g/mol. The maximum absolute atomic E-state index is 5.67. The van der Waals surface area contributed by atoms with Crippen LogP contribution in [-0.4, -0.2) is 45.4 Å². The Morgan fingerprint density at radius 1 is 1.26 bits per heavy atom. The van der Waals surface area contributed by atoms with Gasteiger partial charge in [0.2, 0.25) is 0 Å². The number of rotatable bonds is 8. The molecular formula is C18H27N3O2. The largest absolute Gasteiger partial charge is 0.492 e. The Kier molecular flexibility index (Phi) is 8.05. The highest BCUT2D eigenvalue weighted by atomic mass is 16.5. The van der Waals surface area contributed by atoms with Crippen LogP contribution in [0.3, 0.4) is 0 Å². The third-order valence-corrected chi connectivity index (χ3v) is 3.51. The molecule has 0 spiro atoms. The van der Waals surface area contributed by atoms with Crippen molar-refractivity contribution in [3.63, 3.8) is 0 Å². The van der Waals surface area contributed by atoms with E-state index in [1.165, 1.54) is 5.57 Å². The predicted octanol–water partition coefficient (Wildman–Crippen LogP) is 2.36. The maximum atomic E-state index is 5.67. The fraction of sp³-hybridized carbons (Fsp3) is 0.500. The van der Waals surface area contributed by atoms with E-state index in [0.29, 0.717) is 6.61 Å². The number of hydrogen-bond donors (Lipinski definition) is 2. The molecule has 1 aromatic rings. The molecule has 0 bridgehead atoms. The highest BCUT2D eigenvalue weighted by Crippen LogP contribution is 2.11. The van der Waals surface area contributed by atoms with E-state index in [9.17, 15) is 0 Å². The number of para-hydroxylation sites is 1. The summed E-state index contributed by atoms with van der Waals surface area (Å²) in [5, 5.41) is 6.56. The summed E-state index contributed by atoms with van der Waals surface area (Å²) in [7, 11) is 0. The number of nitrogens with one attached hydrogen (secondary N) is 2. The summed E-state index contributed by atoms with van der Waals surface area (Å²) < 4.78 is 11.0. The molecule has 0 aliphatic carbocycles. The zero-order chi connectivity index (χ0) is 16.2. The molecule has 0 atom stereocenters. The average Bonchev–Trinajstić information content (AvgIpc) is 2.60. The van der Waals surface area contributed by atoms with Gasteiger partial charge in [-0.2, -0.15) is 0 Å². The molecule has 0 aromatic heterocycles. The molecule has 5 heteroatoms. The lowest BCUT2D eigenvalue weighted by Gasteiger charge is -2.14. The van der Waals surface area contributed by atoms with E-state index in [2.05, 4.69) is 28.6 Å². The number of aliphatic imine (C=N–C) groups is 1. The molecular weight excluding hydrogens is 290 g/mol. The zero-order valence-electron chi connectivity index (χ0n) is 13.9. The van der Waals surface area contributed by atoms with Crippen LogP contribution in [0, 0.1) is 0 Å². The first-order chi connectivity index (χ1) is 11.4. The van der Waals surface area contributed by atoms with Gasteiger partial charge in [0.05, 0.1) is 19.8 Å². The van der Waals surface area contributed by atoms with E-state index in [1.807, 2.05) is 30.3 Å². The zero-order valence-corrected chi connectivity index (χ0v) is 13.9. The number of guanidine groups is 1. The van der Waals surface area contributed by atoms with Crippen molar-refractivity contribution in [1.82, 2.24) is 10.6 Å². The van der Waals surface area contributed by atoms with Gasteiger partial charge in [-0.1, -0.05) is 29.8 Å². The van der Waals surface area contributed by atoms with Gasteiger partial charge in [-0.3, -0.25) is 4.99 Å². The minimum atomic E-state index is 0.608. The van der Waals surface area contributed by atoms with Crippen molar-refractivity contribution in [2.24, 2.45) is 4.99 Å². The summed E-state index contributed by atoms with van der Waals surface area (Å²) in [5.74, 6) is 1.74. The molecule has 23 heavy (non-hydrogen) atoms. The smallest absolute Gasteiger partial charge is 0.191 e. The lowest BCUT2D eigenvalue weighted by Crippen LogP contribution is -2.39. The second kappa shape index (κ2) is 10.7. The quantitative estimate of drug-likeness (QED) is 0.334. The van der Waals surface area contributed by atoms with Gasteiger partial charge in [-0.25, -0.2) is 0 Å². The molecule has 5 nitrogen and oxygen atoms in total. The van der Waals surface area contributed by atoms with Crippen LogP contribution in [0.2, 0.25) is 0 Å². The average molecular weight is 317 g/mol. The van der Waals surface area contributed by atoms with Crippen molar-refractivity contribution in [3.05, 3.63) is 42.0 Å². The third kappa shape index (κ3) is 7.19. The molecule has 0 saturated heterocycles. The van der Waals surface area contributed by atoms with E-state index in [4.69, 9.17) is 9.47 Å². The van der Waals surface area contributed by atoms with E-state index >= 15 is 0 Å². The Bertz CT molecular complexity index is 500. The van der Waals surface area contributed by atoms with Crippen molar-refractivity contribution >= 4 is 5.96 Å². The summed E-state index contributed by atoms with van der Waals surface area (Å²) >= 11 is 0. The highest BCUT2D eigenvalue weighted by molar-refractivity contribution is 5.79. The Labute approximate surface area is 138 Å². The second-order valence-corrected chi connectivity index (χ2v) is 5.29. The SMILES string of the molecule is CCNC(=NCCC1=CCOCC1)NCCOc1ccccc1. The lowest BCUT2D eigenvalue weighted by atomic mass is 10.1. The molecule has 2 N–H and O–H groups in total. The normalized spacial score (nSPS) is 15.0. The Hall–Kier alpha value is -2.01. The summed E-state index contributed by atoms with van der Waals surface area (Å²) in [6.07, 6.45) is 4.21. The van der Waals surface area contributed by atoms with Crippen LogP contribution in [0.25, 0.3) is 0 Å². The van der Waals surface area contributed by atoms with Gasteiger partial charge in [0.1, 0.15) is 12.4 Å². The van der Waals surface area contributed by atoms with Gasteiger partial charge < -0.3 is 20.1 Å². The molecule has 0 amide bonds. The van der Waals surface area contributed by atoms with E-state index in [1.54, 1.807) is 0 Å². The van der Waals surface area contributed by atoms with Crippen molar-refractivity contribution in [1.29, 1.82) is 0 Å². The van der Waals surface area contributed by atoms with Crippen LogP contribution < -0.4 is 15.4 Å². The van der Waals surface area contributed by atoms with Gasteiger partial charge in [0.15, 0.2) is 5.96 Å². The number of hydrogen-bond acceptors (Lipinski definition) is 3.